The van der Waals surface area contributed by atoms with Crippen LogP contribution < -0.4 is 4.74 Å². The highest BCUT2D eigenvalue weighted by atomic mass is 28.4. The van der Waals surface area contributed by atoms with E-state index in [-0.39, 0.29) is 33.4 Å². The fourth-order valence-electron chi connectivity index (χ4n) is 4.32. The van der Waals surface area contributed by atoms with Gasteiger partial charge < -0.3 is 22.8 Å². The molecule has 1 aliphatic rings. The lowest BCUT2D eigenvalue weighted by Crippen LogP contribution is -2.58. The fourth-order valence-corrected chi connectivity index (χ4v) is 7.89. The van der Waals surface area contributed by atoms with Crippen LogP contribution in [0.1, 0.15) is 73.4 Å². The molecule has 3 atom stereocenters. The molecule has 0 aromatic heterocycles. The second-order valence-electron chi connectivity index (χ2n) is 17.2. The lowest BCUT2D eigenvalue weighted by molar-refractivity contribution is -0.0593. The van der Waals surface area contributed by atoms with Gasteiger partial charge in [0.15, 0.2) is 25.0 Å². The molecule has 0 unspecified atom stereocenters. The molecule has 0 amide bonds. The molecule has 0 spiro atoms. The maximum absolute atomic E-state index is 7.27. The predicted octanol–water partition coefficient (Wildman–Crippen LogP) is 10.8. The molecule has 1 aliphatic heterocycles. The molecule has 252 valence electrons. The van der Waals surface area contributed by atoms with E-state index in [1.165, 1.54) is 0 Å². The SMILES string of the molecule is CC(C)(C)[Si](C)(C)OC[C@H]1OC(c2ccccc2OCc2ccccc2)=C[C@@H](O[Si](C)(C)C(C)(C)C)[C@@H]1O[Si](C)(C)C(C)(C)C. The molecule has 2 aromatic rings. The Bertz CT molecular complexity index is 1280. The van der Waals surface area contributed by atoms with E-state index in [2.05, 4.69) is 126 Å². The summed E-state index contributed by atoms with van der Waals surface area (Å²) in [6.07, 6.45) is 1.22. The maximum atomic E-state index is 7.27. The Labute approximate surface area is 278 Å². The highest BCUT2D eigenvalue weighted by Crippen LogP contribution is 2.45. The summed E-state index contributed by atoms with van der Waals surface area (Å²) in [5, 5.41) is 0.136. The summed E-state index contributed by atoms with van der Waals surface area (Å²) in [5.41, 5.74) is 2.04. The summed E-state index contributed by atoms with van der Waals surface area (Å²) in [6.45, 7) is 35.3. The average molecular weight is 671 g/mol. The van der Waals surface area contributed by atoms with Crippen LogP contribution in [-0.4, -0.2) is 49.9 Å². The van der Waals surface area contributed by atoms with Crippen molar-refractivity contribution in [1.29, 1.82) is 0 Å². The van der Waals surface area contributed by atoms with Crippen molar-refractivity contribution in [3.05, 3.63) is 71.8 Å². The standard InChI is InChI=1S/C37H62O5Si3/c1-35(2,3)43(10,11)39-27-33-34(42-45(14,15)37(7,8)9)32(41-44(12,13)36(4,5)6)25-31(40-33)29-23-19-20-24-30(29)38-26-28-21-17-16-18-22-28/h16-25,32-34H,26-27H2,1-15H3/t32-,33-,34+/m1/s1. The van der Waals surface area contributed by atoms with Crippen molar-refractivity contribution in [2.24, 2.45) is 0 Å². The highest BCUT2D eigenvalue weighted by molar-refractivity contribution is 6.75. The van der Waals surface area contributed by atoms with Crippen LogP contribution in [0, 0.1) is 0 Å². The molecule has 5 nitrogen and oxygen atoms in total. The van der Waals surface area contributed by atoms with Crippen LogP contribution >= 0.6 is 0 Å². The van der Waals surface area contributed by atoms with Crippen molar-refractivity contribution in [2.45, 2.75) is 142 Å². The number of hydrogen-bond donors (Lipinski definition) is 0. The summed E-state index contributed by atoms with van der Waals surface area (Å²) < 4.78 is 34.8. The first kappa shape index (κ1) is 37.8. The van der Waals surface area contributed by atoms with Crippen LogP contribution in [0.4, 0.5) is 0 Å². The van der Waals surface area contributed by atoms with Gasteiger partial charge in [0.05, 0.1) is 18.3 Å². The summed E-state index contributed by atoms with van der Waals surface area (Å²) in [4.78, 5) is 0. The van der Waals surface area contributed by atoms with E-state index in [0.29, 0.717) is 13.2 Å². The quantitative estimate of drug-likeness (QED) is 0.223. The largest absolute Gasteiger partial charge is 0.488 e. The number of benzene rings is 2. The van der Waals surface area contributed by atoms with Crippen molar-refractivity contribution in [2.75, 3.05) is 6.61 Å². The van der Waals surface area contributed by atoms with Crippen molar-refractivity contribution in [3.8, 4) is 5.75 Å². The Hall–Kier alpha value is -1.69. The number of hydrogen-bond acceptors (Lipinski definition) is 5. The second-order valence-corrected chi connectivity index (χ2v) is 31.5. The molecule has 2 aromatic carbocycles. The van der Waals surface area contributed by atoms with Gasteiger partial charge in [0, 0.05) is 0 Å². The van der Waals surface area contributed by atoms with Gasteiger partial charge in [0.1, 0.15) is 30.3 Å². The van der Waals surface area contributed by atoms with E-state index in [1.807, 2.05) is 36.4 Å². The van der Waals surface area contributed by atoms with Gasteiger partial charge in [-0.15, -0.1) is 0 Å². The zero-order valence-corrected chi connectivity index (χ0v) is 34.0. The zero-order valence-electron chi connectivity index (χ0n) is 31.0. The van der Waals surface area contributed by atoms with E-state index in [0.717, 1.165) is 22.6 Å². The normalized spacial score (nSPS) is 20.4. The van der Waals surface area contributed by atoms with Gasteiger partial charge in [-0.3, -0.25) is 0 Å². The first-order valence-corrected chi connectivity index (χ1v) is 25.3. The number of rotatable bonds is 11. The molecule has 0 saturated heterocycles. The Morgan fingerprint density at radius 1 is 0.644 bits per heavy atom. The zero-order chi connectivity index (χ0) is 34.1. The lowest BCUT2D eigenvalue weighted by atomic mass is 10.0. The molecule has 0 fully saturated rings. The van der Waals surface area contributed by atoms with Crippen LogP contribution in [-0.2, 0) is 24.6 Å². The molecule has 3 rings (SSSR count). The molecule has 8 heteroatoms. The van der Waals surface area contributed by atoms with E-state index in [9.17, 15) is 0 Å². The minimum absolute atomic E-state index is 0.0290. The van der Waals surface area contributed by atoms with Crippen LogP contribution in [0.2, 0.25) is 54.4 Å². The summed E-state index contributed by atoms with van der Waals surface area (Å²) in [5.74, 6) is 1.55. The van der Waals surface area contributed by atoms with E-state index >= 15 is 0 Å². The first-order valence-electron chi connectivity index (χ1n) is 16.6. The lowest BCUT2D eigenvalue weighted by Gasteiger charge is -2.48. The third-order valence-electron chi connectivity index (χ3n) is 10.6. The molecular weight excluding hydrogens is 609 g/mol. The van der Waals surface area contributed by atoms with Gasteiger partial charge in [-0.2, -0.15) is 0 Å². The van der Waals surface area contributed by atoms with Crippen molar-refractivity contribution in [3.63, 3.8) is 0 Å². The molecule has 0 bridgehead atoms. The maximum Gasteiger partial charge on any atom is 0.193 e. The van der Waals surface area contributed by atoms with Gasteiger partial charge in [0.2, 0.25) is 0 Å². The molecule has 45 heavy (non-hydrogen) atoms. The predicted molar refractivity (Wildman–Crippen MR) is 197 cm³/mol. The monoisotopic (exact) mass is 670 g/mol. The summed E-state index contributed by atoms with van der Waals surface area (Å²) >= 11 is 0. The molecule has 0 saturated carbocycles. The average Bonchev–Trinajstić information content (AvgIpc) is 2.90. The van der Waals surface area contributed by atoms with Crippen LogP contribution in [0.25, 0.3) is 5.76 Å². The summed E-state index contributed by atoms with van der Waals surface area (Å²) in [7, 11) is -6.50. The van der Waals surface area contributed by atoms with Crippen molar-refractivity contribution in [1.82, 2.24) is 0 Å². The second kappa shape index (κ2) is 13.8. The molecule has 0 radical (unpaired) electrons. The third kappa shape index (κ3) is 9.45. The van der Waals surface area contributed by atoms with Gasteiger partial charge in [-0.25, -0.2) is 0 Å². The Morgan fingerprint density at radius 2 is 1.16 bits per heavy atom. The van der Waals surface area contributed by atoms with E-state index in [4.69, 9.17) is 22.8 Å². The van der Waals surface area contributed by atoms with Gasteiger partial charge >= 0.3 is 0 Å². The summed E-state index contributed by atoms with van der Waals surface area (Å²) in [6, 6.07) is 18.4. The minimum Gasteiger partial charge on any atom is -0.488 e. The smallest absolute Gasteiger partial charge is 0.193 e. The Balaban J connectivity index is 2.13. The molecule has 0 aliphatic carbocycles. The van der Waals surface area contributed by atoms with Gasteiger partial charge in [-0.1, -0.05) is 105 Å². The van der Waals surface area contributed by atoms with Crippen molar-refractivity contribution < 1.29 is 22.8 Å². The minimum atomic E-state index is -2.21. The van der Waals surface area contributed by atoms with Crippen LogP contribution in [0.5, 0.6) is 5.75 Å². The number of ether oxygens (including phenoxy) is 2. The van der Waals surface area contributed by atoms with Crippen LogP contribution in [0.15, 0.2) is 60.7 Å². The molecule has 0 N–H and O–H groups in total. The third-order valence-corrected chi connectivity index (χ3v) is 24.0. The number of para-hydroxylation sites is 1. The fraction of sp³-hybridized carbons (Fsp3) is 0.622. The highest BCUT2D eigenvalue weighted by Gasteiger charge is 2.49. The van der Waals surface area contributed by atoms with Crippen molar-refractivity contribution >= 4 is 30.7 Å². The Kier molecular flexibility index (Phi) is 11.6. The van der Waals surface area contributed by atoms with Gasteiger partial charge in [-0.05, 0) is 78.2 Å². The molecule has 1 heterocycles. The van der Waals surface area contributed by atoms with Crippen LogP contribution in [0.3, 0.4) is 0 Å². The van der Waals surface area contributed by atoms with Gasteiger partial charge in [0.25, 0.3) is 0 Å². The van der Waals surface area contributed by atoms with E-state index < -0.39 is 25.0 Å². The Morgan fingerprint density at radius 3 is 1.71 bits per heavy atom. The first-order chi connectivity index (χ1) is 20.5. The van der Waals surface area contributed by atoms with E-state index in [1.54, 1.807) is 0 Å². The topological polar surface area (TPSA) is 46.2 Å². The molecular formula is C37H62O5Si3.